The number of nitrogens with one attached hydrogen (secondary N) is 1. The second kappa shape index (κ2) is 5.36. The Kier molecular flexibility index (Phi) is 3.80. The highest BCUT2D eigenvalue weighted by molar-refractivity contribution is 9.10. The average Bonchev–Trinajstić information content (AvgIpc) is 2.40. The number of benzene rings is 1. The van der Waals surface area contributed by atoms with Gasteiger partial charge in [0, 0.05) is 18.0 Å². The zero-order valence-electron chi connectivity index (χ0n) is 10.3. The van der Waals surface area contributed by atoms with E-state index < -0.39 is 0 Å². The minimum absolute atomic E-state index is 0.0662. The van der Waals surface area contributed by atoms with Gasteiger partial charge < -0.3 is 5.32 Å². The van der Waals surface area contributed by atoms with Gasteiger partial charge in [-0.1, -0.05) is 18.2 Å². The Balaban J connectivity index is 2.80. The molecule has 0 fully saturated rings. The lowest BCUT2D eigenvalue weighted by Crippen LogP contribution is -2.03. The first kappa shape index (κ1) is 13.5. The maximum absolute atomic E-state index is 11.1. The third-order valence-corrected chi connectivity index (χ3v) is 3.70. The molecule has 0 amide bonds. The summed E-state index contributed by atoms with van der Waals surface area (Å²) in [6, 6.07) is 4.96. The van der Waals surface area contributed by atoms with Crippen LogP contribution in [0, 0.1) is 17.0 Å². The highest BCUT2D eigenvalue weighted by Crippen LogP contribution is 2.36. The van der Waals surface area contributed by atoms with Crippen LogP contribution < -0.4 is 5.32 Å². The van der Waals surface area contributed by atoms with Gasteiger partial charge in [0.05, 0.1) is 20.5 Å². The van der Waals surface area contributed by atoms with Gasteiger partial charge in [-0.25, -0.2) is 4.98 Å². The van der Waals surface area contributed by atoms with E-state index in [0.717, 1.165) is 0 Å². The van der Waals surface area contributed by atoms with Crippen LogP contribution >= 0.6 is 15.9 Å². The van der Waals surface area contributed by atoms with Gasteiger partial charge in [0.2, 0.25) is 0 Å². The summed E-state index contributed by atoms with van der Waals surface area (Å²) in [5.74, 6) is 0.624. The first-order valence-electron chi connectivity index (χ1n) is 5.64. The van der Waals surface area contributed by atoms with Crippen LogP contribution in [-0.4, -0.2) is 16.5 Å². The lowest BCUT2D eigenvalue weighted by molar-refractivity contribution is -0.383. The van der Waals surface area contributed by atoms with E-state index in [4.69, 9.17) is 0 Å². The smallest absolute Gasteiger partial charge is 0.278 e. The van der Waals surface area contributed by atoms with E-state index in [9.17, 15) is 10.1 Å². The van der Waals surface area contributed by atoms with Gasteiger partial charge in [-0.3, -0.25) is 10.1 Å². The molecule has 1 aromatic heterocycles. The normalized spacial score (nSPS) is 10.4. The van der Waals surface area contributed by atoms with Crippen molar-refractivity contribution in [2.75, 3.05) is 11.9 Å². The van der Waals surface area contributed by atoms with E-state index in [0.29, 0.717) is 33.3 Å². The maximum atomic E-state index is 11.1. The fourth-order valence-corrected chi connectivity index (χ4v) is 2.39. The van der Waals surface area contributed by atoms with Crippen molar-refractivity contribution in [1.82, 2.24) is 4.98 Å². The van der Waals surface area contributed by atoms with Gasteiger partial charge in [-0.15, -0.1) is 6.58 Å². The van der Waals surface area contributed by atoms with Crippen molar-refractivity contribution >= 4 is 38.2 Å². The standard InChI is InChI=1S/C13H12BrN3O2/c1-3-7-15-13-9-5-4-6-10(17(18)19)11(9)12(14)8(2)16-13/h3-6H,1,7H2,2H3,(H,15,16). The molecule has 98 valence electrons. The molecule has 0 unspecified atom stereocenters. The Labute approximate surface area is 118 Å². The van der Waals surface area contributed by atoms with Crippen LogP contribution in [0.25, 0.3) is 10.8 Å². The number of nitrogens with zero attached hydrogens (tertiary/aromatic N) is 2. The second-order valence-electron chi connectivity index (χ2n) is 3.99. The van der Waals surface area contributed by atoms with Crippen LogP contribution in [0.5, 0.6) is 0 Å². The molecule has 1 heterocycles. The van der Waals surface area contributed by atoms with Crippen molar-refractivity contribution < 1.29 is 4.92 Å². The highest BCUT2D eigenvalue weighted by Gasteiger charge is 2.18. The first-order valence-corrected chi connectivity index (χ1v) is 6.43. The maximum Gasteiger partial charge on any atom is 0.278 e. The van der Waals surface area contributed by atoms with Gasteiger partial charge in [-0.05, 0) is 22.9 Å². The monoisotopic (exact) mass is 321 g/mol. The number of aryl methyl sites for hydroxylation is 1. The minimum Gasteiger partial charge on any atom is -0.366 e. The number of pyridine rings is 1. The summed E-state index contributed by atoms with van der Waals surface area (Å²) in [6.45, 7) is 5.99. The van der Waals surface area contributed by atoms with Crippen LogP contribution in [-0.2, 0) is 0 Å². The van der Waals surface area contributed by atoms with Crippen LogP contribution in [0.1, 0.15) is 5.69 Å². The van der Waals surface area contributed by atoms with E-state index in [1.807, 2.05) is 6.07 Å². The van der Waals surface area contributed by atoms with Gasteiger partial charge >= 0.3 is 0 Å². The third kappa shape index (κ3) is 2.44. The predicted molar refractivity (Wildman–Crippen MR) is 79.5 cm³/mol. The number of rotatable bonds is 4. The molecule has 0 bridgehead atoms. The number of nitro benzene ring substituents is 1. The van der Waals surface area contributed by atoms with Gasteiger partial charge in [-0.2, -0.15) is 0 Å². The molecule has 0 radical (unpaired) electrons. The topological polar surface area (TPSA) is 68.1 Å². The molecule has 0 aliphatic carbocycles. The average molecular weight is 322 g/mol. The summed E-state index contributed by atoms with van der Waals surface area (Å²) in [6.07, 6.45) is 1.71. The van der Waals surface area contributed by atoms with E-state index in [2.05, 4.69) is 32.8 Å². The Morgan fingerprint density at radius 3 is 2.95 bits per heavy atom. The lowest BCUT2D eigenvalue weighted by atomic mass is 10.1. The van der Waals surface area contributed by atoms with Crippen molar-refractivity contribution in [1.29, 1.82) is 0 Å². The summed E-state index contributed by atoms with van der Waals surface area (Å²) in [4.78, 5) is 15.2. The van der Waals surface area contributed by atoms with Crippen molar-refractivity contribution in [2.45, 2.75) is 6.92 Å². The predicted octanol–water partition coefficient (Wildman–Crippen LogP) is 3.81. The fraction of sp³-hybridized carbons (Fsp3) is 0.154. The van der Waals surface area contributed by atoms with Gasteiger partial charge in [0.25, 0.3) is 5.69 Å². The van der Waals surface area contributed by atoms with Crippen molar-refractivity contribution in [3.05, 3.63) is 51.1 Å². The minimum atomic E-state index is -0.385. The molecule has 0 aliphatic heterocycles. The molecule has 1 aromatic carbocycles. The Bertz CT molecular complexity index is 670. The van der Waals surface area contributed by atoms with Crippen molar-refractivity contribution in [3.8, 4) is 0 Å². The fourth-order valence-electron chi connectivity index (χ4n) is 1.88. The molecular formula is C13H12BrN3O2. The quantitative estimate of drug-likeness (QED) is 0.528. The molecule has 2 rings (SSSR count). The Morgan fingerprint density at radius 2 is 2.32 bits per heavy atom. The number of anilines is 1. The molecule has 6 heteroatoms. The number of aromatic nitrogens is 1. The van der Waals surface area contributed by atoms with E-state index in [-0.39, 0.29) is 10.6 Å². The summed E-state index contributed by atoms with van der Waals surface area (Å²) >= 11 is 3.39. The zero-order chi connectivity index (χ0) is 14.0. The molecule has 0 saturated carbocycles. The summed E-state index contributed by atoms with van der Waals surface area (Å²) in [5.41, 5.74) is 0.768. The molecule has 1 N–H and O–H groups in total. The van der Waals surface area contributed by atoms with Crippen molar-refractivity contribution in [2.24, 2.45) is 0 Å². The van der Waals surface area contributed by atoms with Gasteiger partial charge in [0.1, 0.15) is 5.82 Å². The van der Waals surface area contributed by atoms with E-state index >= 15 is 0 Å². The van der Waals surface area contributed by atoms with Crippen molar-refractivity contribution in [3.63, 3.8) is 0 Å². The number of halogens is 1. The first-order chi connectivity index (χ1) is 9.06. The number of fused-ring (bicyclic) bond motifs is 1. The van der Waals surface area contributed by atoms with E-state index in [1.165, 1.54) is 6.07 Å². The summed E-state index contributed by atoms with van der Waals surface area (Å²) < 4.78 is 0.652. The van der Waals surface area contributed by atoms with Crippen LogP contribution in [0.2, 0.25) is 0 Å². The van der Waals surface area contributed by atoms with Crippen LogP contribution in [0.4, 0.5) is 11.5 Å². The Hall–Kier alpha value is -1.95. The summed E-state index contributed by atoms with van der Waals surface area (Å²) in [7, 11) is 0. The molecule has 0 aliphatic rings. The highest BCUT2D eigenvalue weighted by atomic mass is 79.9. The molecule has 5 nitrogen and oxygen atoms in total. The second-order valence-corrected chi connectivity index (χ2v) is 4.78. The van der Waals surface area contributed by atoms with Gasteiger partial charge in [0.15, 0.2) is 0 Å². The molecule has 2 aromatic rings. The molecular weight excluding hydrogens is 310 g/mol. The summed E-state index contributed by atoms with van der Waals surface area (Å²) in [5, 5.41) is 15.5. The largest absolute Gasteiger partial charge is 0.366 e. The molecule has 0 spiro atoms. The third-order valence-electron chi connectivity index (χ3n) is 2.72. The van der Waals surface area contributed by atoms with Crippen LogP contribution in [0.15, 0.2) is 35.3 Å². The molecule has 0 atom stereocenters. The van der Waals surface area contributed by atoms with E-state index in [1.54, 1.807) is 19.1 Å². The number of nitro groups is 1. The number of hydrogen-bond donors (Lipinski definition) is 1. The Morgan fingerprint density at radius 1 is 1.58 bits per heavy atom. The molecule has 0 saturated heterocycles. The molecule has 19 heavy (non-hydrogen) atoms. The number of hydrogen-bond acceptors (Lipinski definition) is 4. The number of non-ortho nitro benzene ring substituents is 1. The van der Waals surface area contributed by atoms with Crippen LogP contribution in [0.3, 0.4) is 0 Å². The lowest BCUT2D eigenvalue weighted by Gasteiger charge is -2.11. The zero-order valence-corrected chi connectivity index (χ0v) is 11.9. The SMILES string of the molecule is C=CCNc1nc(C)c(Br)c2c([N+](=O)[O-])cccc12.